The molecule has 7 heteroatoms. The fraction of sp³-hybridized carbons (Fsp3) is 0.132. The van der Waals surface area contributed by atoms with Gasteiger partial charge < -0.3 is 24.5 Å². The van der Waals surface area contributed by atoms with Crippen LogP contribution in [0.3, 0.4) is 0 Å². The van der Waals surface area contributed by atoms with Crippen LogP contribution in [-0.4, -0.2) is 13.4 Å². The molecule has 0 fully saturated rings. The lowest BCUT2D eigenvalue weighted by Gasteiger charge is -2.44. The number of para-hydroxylation sites is 1. The molecule has 0 spiro atoms. The van der Waals surface area contributed by atoms with E-state index in [1.165, 1.54) is 151 Å². The van der Waals surface area contributed by atoms with Crippen LogP contribution in [0.5, 0.6) is 0 Å². The summed E-state index contributed by atoms with van der Waals surface area (Å²) in [6.45, 7) is 22.4. The molecule has 0 aromatic heterocycles. The van der Waals surface area contributed by atoms with Crippen LogP contribution >= 0.6 is 0 Å². The van der Waals surface area contributed by atoms with Gasteiger partial charge in [-0.05, 0) is 257 Å². The van der Waals surface area contributed by atoms with Crippen molar-refractivity contribution < 1.29 is 0 Å². The largest absolute Gasteiger partial charge is 0.311 e. The summed E-state index contributed by atoms with van der Waals surface area (Å²) in [7, 11) is 0. The summed E-state index contributed by atoms with van der Waals surface area (Å²) in [4.78, 5) is 12.5. The Morgan fingerprint density at radius 2 is 0.554 bits per heavy atom. The summed E-state index contributed by atoms with van der Waals surface area (Å²) in [5.74, 6) is 0. The first-order chi connectivity index (χ1) is 40.3. The highest BCUT2D eigenvalue weighted by atomic mass is 15.2. The van der Waals surface area contributed by atoms with Crippen molar-refractivity contribution in [2.24, 2.45) is 0 Å². The third-order valence-electron chi connectivity index (χ3n) is 18.0. The molecule has 4 aliphatic heterocycles. The van der Waals surface area contributed by atoms with E-state index in [2.05, 4.69) is 306 Å². The zero-order valence-corrected chi connectivity index (χ0v) is 49.1. The molecule has 83 heavy (non-hydrogen) atoms. The normalized spacial score (nSPS) is 13.3. The van der Waals surface area contributed by atoms with Crippen molar-refractivity contribution in [1.82, 2.24) is 0 Å². The number of anilines is 15. The number of fused-ring (bicyclic) bond motifs is 8. The summed E-state index contributed by atoms with van der Waals surface area (Å²) in [5, 5.41) is 0. The third kappa shape index (κ3) is 7.99. The van der Waals surface area contributed by atoms with E-state index in [0.29, 0.717) is 0 Å². The van der Waals surface area contributed by atoms with Crippen molar-refractivity contribution in [3.8, 4) is 0 Å². The van der Waals surface area contributed by atoms with Crippen LogP contribution in [0.2, 0.25) is 0 Å². The molecule has 400 valence electrons. The minimum atomic E-state index is 0.0698. The van der Waals surface area contributed by atoms with Crippen LogP contribution in [0.25, 0.3) is 0 Å². The number of nitrogens with zero attached hydrogens (tertiary/aromatic N) is 5. The number of rotatable bonds is 7. The van der Waals surface area contributed by atoms with Crippen molar-refractivity contribution in [3.63, 3.8) is 0 Å². The summed E-state index contributed by atoms with van der Waals surface area (Å²) in [6, 6.07) is 81.2. The van der Waals surface area contributed by atoms with Gasteiger partial charge in [0.15, 0.2) is 0 Å². The maximum Gasteiger partial charge on any atom is 0.252 e. The minimum absolute atomic E-state index is 0.0698. The maximum absolute atomic E-state index is 2.53. The molecule has 4 heterocycles. The second-order valence-corrected chi connectivity index (χ2v) is 24.2. The fourth-order valence-corrected chi connectivity index (χ4v) is 14.3. The summed E-state index contributed by atoms with van der Waals surface area (Å²) >= 11 is 0. The second kappa shape index (κ2) is 19.1. The molecule has 15 rings (SSSR count). The van der Waals surface area contributed by atoms with Crippen LogP contribution in [0.4, 0.5) is 85.3 Å². The van der Waals surface area contributed by atoms with Gasteiger partial charge in [0.25, 0.3) is 13.4 Å². The highest BCUT2D eigenvalue weighted by Crippen LogP contribution is 2.49. The molecule has 11 aromatic carbocycles. The van der Waals surface area contributed by atoms with E-state index in [0.717, 1.165) is 22.7 Å². The van der Waals surface area contributed by atoms with Crippen LogP contribution in [0.15, 0.2) is 212 Å². The molecule has 0 amide bonds. The highest BCUT2D eigenvalue weighted by Gasteiger charge is 2.45. The molecule has 0 N–H and O–H groups in total. The van der Waals surface area contributed by atoms with E-state index < -0.39 is 0 Å². The van der Waals surface area contributed by atoms with Crippen molar-refractivity contribution in [2.45, 2.75) is 69.2 Å². The predicted octanol–water partition coefficient (Wildman–Crippen LogP) is 16.4. The number of benzene rings is 11. The Labute approximate surface area is 490 Å². The number of aryl methyl sites for hydroxylation is 10. The Morgan fingerprint density at radius 3 is 0.928 bits per heavy atom. The van der Waals surface area contributed by atoms with Crippen LogP contribution in [-0.2, 0) is 0 Å². The molecular weight excluding hydrogens is 1000 g/mol. The van der Waals surface area contributed by atoms with Crippen molar-refractivity contribution in [3.05, 3.63) is 268 Å². The van der Waals surface area contributed by atoms with Crippen LogP contribution in [0, 0.1) is 69.2 Å². The first-order valence-electron chi connectivity index (χ1n) is 29.4. The average Bonchev–Trinajstić information content (AvgIpc) is 3.06. The molecule has 0 saturated heterocycles. The van der Waals surface area contributed by atoms with Crippen LogP contribution < -0.4 is 57.3 Å². The summed E-state index contributed by atoms with van der Waals surface area (Å²) in [5.41, 5.74) is 38.2. The summed E-state index contributed by atoms with van der Waals surface area (Å²) in [6.07, 6.45) is 0. The number of hydrogen-bond donors (Lipinski definition) is 0. The molecule has 0 radical (unpaired) electrons. The smallest absolute Gasteiger partial charge is 0.252 e. The standard InChI is InChI=1S/C76H65B2N5/c1-46-14-22-58(23-15-46)80-66-36-20-48(3)38-64(66)77-62-34-18-50(5)40-68(62)82(72-44-52(7)42-70(80)74(72)77)60-30-26-56(27-31-60)79(76-54(9)12-11-13-55(76)10)57-28-32-61(33-29-57)83-69-41-51(6)19-35-63(69)78-65-39-49(4)21-37-67(65)81(59-24-16-47(2)17-25-59)71-43-53(8)45-73(83)75(71)78/h11-45H,1-10H3. The molecule has 5 nitrogen and oxygen atoms in total. The zero-order chi connectivity index (χ0) is 56.7. The second-order valence-electron chi connectivity index (χ2n) is 24.2. The Morgan fingerprint density at radius 1 is 0.253 bits per heavy atom. The van der Waals surface area contributed by atoms with Crippen molar-refractivity contribution in [1.29, 1.82) is 0 Å². The van der Waals surface area contributed by atoms with Gasteiger partial charge in [0.1, 0.15) is 0 Å². The number of hydrogen-bond acceptors (Lipinski definition) is 5. The van der Waals surface area contributed by atoms with Gasteiger partial charge in [-0.15, -0.1) is 0 Å². The molecule has 0 aliphatic carbocycles. The zero-order valence-electron chi connectivity index (χ0n) is 49.1. The first-order valence-corrected chi connectivity index (χ1v) is 29.4. The lowest BCUT2D eigenvalue weighted by atomic mass is 9.33. The topological polar surface area (TPSA) is 16.2 Å². The fourth-order valence-electron chi connectivity index (χ4n) is 14.3. The monoisotopic (exact) mass is 1070 g/mol. The molecule has 0 unspecified atom stereocenters. The first kappa shape index (κ1) is 50.5. The Balaban J connectivity index is 0.862. The highest BCUT2D eigenvalue weighted by molar-refractivity contribution is 7.01. The van der Waals surface area contributed by atoms with Gasteiger partial charge in [-0.1, -0.05) is 113 Å². The average molecular weight is 1070 g/mol. The van der Waals surface area contributed by atoms with Gasteiger partial charge in [-0.2, -0.15) is 0 Å². The van der Waals surface area contributed by atoms with Crippen LogP contribution in [0.1, 0.15) is 55.6 Å². The van der Waals surface area contributed by atoms with Gasteiger partial charge >= 0.3 is 0 Å². The SMILES string of the molecule is Cc1ccc(N2c3ccc(C)cc3B3c4ccc(C)cc4N(c4ccc(N(c5ccc(N6c7cc(C)ccc7B7c8cc(C)ccc8N(c8ccc(C)cc8)c8cc(C)cc6c87)cc5)c5c(C)cccc5C)cc4)c4cc(C)cc2c43)cc1. The Kier molecular flexibility index (Phi) is 11.6. The lowest BCUT2D eigenvalue weighted by molar-refractivity contribution is 1.20. The Bertz CT molecular complexity index is 4190. The van der Waals surface area contributed by atoms with E-state index in [1.54, 1.807) is 0 Å². The molecule has 0 saturated carbocycles. The van der Waals surface area contributed by atoms with Crippen molar-refractivity contribution >= 4 is 132 Å². The van der Waals surface area contributed by atoms with Gasteiger partial charge in [-0.25, -0.2) is 0 Å². The van der Waals surface area contributed by atoms with E-state index in [-0.39, 0.29) is 13.4 Å². The lowest BCUT2D eigenvalue weighted by Crippen LogP contribution is -2.61. The van der Waals surface area contributed by atoms with E-state index in [4.69, 9.17) is 0 Å². The molecule has 0 atom stereocenters. The predicted molar refractivity (Wildman–Crippen MR) is 357 cm³/mol. The van der Waals surface area contributed by atoms with Crippen molar-refractivity contribution in [2.75, 3.05) is 24.5 Å². The van der Waals surface area contributed by atoms with Gasteiger partial charge in [-0.3, -0.25) is 0 Å². The molecule has 11 aromatic rings. The third-order valence-corrected chi connectivity index (χ3v) is 18.0. The van der Waals surface area contributed by atoms with E-state index in [1.807, 2.05) is 0 Å². The van der Waals surface area contributed by atoms with E-state index in [9.17, 15) is 0 Å². The molecule has 4 aliphatic rings. The molecular formula is C76H65B2N5. The van der Waals surface area contributed by atoms with E-state index >= 15 is 0 Å². The quantitative estimate of drug-likeness (QED) is 0.147. The van der Waals surface area contributed by atoms with Gasteiger partial charge in [0.2, 0.25) is 0 Å². The van der Waals surface area contributed by atoms with Gasteiger partial charge in [0.05, 0.1) is 5.69 Å². The summed E-state index contributed by atoms with van der Waals surface area (Å²) < 4.78 is 0. The molecule has 0 bridgehead atoms. The van der Waals surface area contributed by atoms with Gasteiger partial charge in [0, 0.05) is 79.6 Å². The minimum Gasteiger partial charge on any atom is -0.311 e. The Hall–Kier alpha value is -9.45. The maximum atomic E-state index is 2.53.